The fraction of sp³-hybridized carbons (Fsp3) is 0.500. The highest BCUT2D eigenvalue weighted by Crippen LogP contribution is 2.25. The van der Waals surface area contributed by atoms with Gasteiger partial charge in [-0.05, 0) is 23.6 Å². The van der Waals surface area contributed by atoms with Crippen LogP contribution in [0.1, 0.15) is 24.5 Å². The molecule has 18 heavy (non-hydrogen) atoms. The summed E-state index contributed by atoms with van der Waals surface area (Å²) in [5.74, 6) is -0.0502. The first kappa shape index (κ1) is 12.9. The second-order valence-corrected chi connectivity index (χ2v) is 4.61. The number of rotatable bonds is 6. The van der Waals surface area contributed by atoms with Crippen LogP contribution in [0.3, 0.4) is 0 Å². The number of ether oxygens (including phenoxy) is 1. The number of hydrogen-bond donors (Lipinski definition) is 2. The fourth-order valence-electron chi connectivity index (χ4n) is 2.15. The molecule has 1 heterocycles. The molecule has 0 aliphatic carbocycles. The largest absolute Gasteiger partial charge is 0.493 e. The zero-order valence-corrected chi connectivity index (χ0v) is 10.6. The summed E-state index contributed by atoms with van der Waals surface area (Å²) in [5.41, 5.74) is 2.43. The van der Waals surface area contributed by atoms with Gasteiger partial charge in [-0.15, -0.1) is 0 Å². The topological polar surface area (TPSA) is 58.6 Å². The number of benzene rings is 1. The quantitative estimate of drug-likeness (QED) is 0.807. The third-order valence-electron chi connectivity index (χ3n) is 3.32. The molecule has 4 nitrogen and oxygen atoms in total. The van der Waals surface area contributed by atoms with Crippen LogP contribution in [-0.4, -0.2) is 24.2 Å². The Kier molecular flexibility index (Phi) is 4.20. The van der Waals surface area contributed by atoms with E-state index in [2.05, 4.69) is 11.4 Å². The summed E-state index contributed by atoms with van der Waals surface area (Å²) in [6, 6.07) is 6.16. The average molecular weight is 249 g/mol. The van der Waals surface area contributed by atoms with E-state index in [-0.39, 0.29) is 5.92 Å². The SMILES string of the molecule is CCC(CNCc1ccc2c(c1)CCO2)C(=O)O. The molecule has 0 fully saturated rings. The van der Waals surface area contributed by atoms with E-state index in [4.69, 9.17) is 9.84 Å². The highest BCUT2D eigenvalue weighted by Gasteiger charge is 2.15. The first-order valence-corrected chi connectivity index (χ1v) is 6.39. The third kappa shape index (κ3) is 3.01. The van der Waals surface area contributed by atoms with E-state index < -0.39 is 5.97 Å². The molecule has 0 saturated carbocycles. The second-order valence-electron chi connectivity index (χ2n) is 4.61. The van der Waals surface area contributed by atoms with Crippen molar-refractivity contribution in [2.24, 2.45) is 5.92 Å². The Balaban J connectivity index is 1.85. The number of carboxylic acid groups (broad SMARTS) is 1. The average Bonchev–Trinajstić information content (AvgIpc) is 2.81. The van der Waals surface area contributed by atoms with Crippen LogP contribution in [0.4, 0.5) is 0 Å². The number of hydrogen-bond acceptors (Lipinski definition) is 3. The van der Waals surface area contributed by atoms with Gasteiger partial charge in [-0.2, -0.15) is 0 Å². The lowest BCUT2D eigenvalue weighted by Gasteiger charge is -2.11. The van der Waals surface area contributed by atoms with Gasteiger partial charge in [-0.1, -0.05) is 19.1 Å². The summed E-state index contributed by atoms with van der Waals surface area (Å²) < 4.78 is 5.45. The first-order chi connectivity index (χ1) is 8.70. The van der Waals surface area contributed by atoms with Crippen molar-refractivity contribution in [3.63, 3.8) is 0 Å². The molecule has 98 valence electrons. The second kappa shape index (κ2) is 5.87. The van der Waals surface area contributed by atoms with Gasteiger partial charge in [0.1, 0.15) is 5.75 Å². The molecule has 1 atom stereocenters. The van der Waals surface area contributed by atoms with E-state index in [1.54, 1.807) is 0 Å². The molecular formula is C14H19NO3. The number of fused-ring (bicyclic) bond motifs is 1. The van der Waals surface area contributed by atoms with Gasteiger partial charge in [-0.3, -0.25) is 4.79 Å². The van der Waals surface area contributed by atoms with E-state index in [9.17, 15) is 4.79 Å². The van der Waals surface area contributed by atoms with Gasteiger partial charge in [0.2, 0.25) is 0 Å². The molecule has 0 saturated heterocycles. The van der Waals surface area contributed by atoms with Crippen molar-refractivity contribution >= 4 is 5.97 Å². The van der Waals surface area contributed by atoms with Crippen LogP contribution in [-0.2, 0) is 17.8 Å². The number of aliphatic carboxylic acids is 1. The smallest absolute Gasteiger partial charge is 0.307 e. The zero-order chi connectivity index (χ0) is 13.0. The molecule has 0 aromatic heterocycles. The van der Waals surface area contributed by atoms with Gasteiger partial charge in [0.15, 0.2) is 0 Å². The van der Waals surface area contributed by atoms with E-state index >= 15 is 0 Å². The summed E-state index contributed by atoms with van der Waals surface area (Å²) in [5, 5.41) is 12.1. The summed E-state index contributed by atoms with van der Waals surface area (Å²) >= 11 is 0. The van der Waals surface area contributed by atoms with E-state index in [0.717, 1.165) is 18.8 Å². The van der Waals surface area contributed by atoms with Crippen LogP contribution in [0.5, 0.6) is 5.75 Å². The number of nitrogens with one attached hydrogen (secondary N) is 1. The number of carboxylic acids is 1. The van der Waals surface area contributed by atoms with Crippen molar-refractivity contribution in [2.45, 2.75) is 26.3 Å². The summed E-state index contributed by atoms with van der Waals surface area (Å²) in [7, 11) is 0. The van der Waals surface area contributed by atoms with Gasteiger partial charge in [0.05, 0.1) is 12.5 Å². The Morgan fingerprint density at radius 3 is 3.11 bits per heavy atom. The molecule has 2 N–H and O–H groups in total. The van der Waals surface area contributed by atoms with Crippen LogP contribution in [0, 0.1) is 5.92 Å². The third-order valence-corrected chi connectivity index (χ3v) is 3.32. The highest BCUT2D eigenvalue weighted by atomic mass is 16.5. The van der Waals surface area contributed by atoms with E-state index in [1.165, 1.54) is 11.1 Å². The molecule has 1 aromatic rings. The van der Waals surface area contributed by atoms with Crippen molar-refractivity contribution in [1.29, 1.82) is 0 Å². The van der Waals surface area contributed by atoms with Gasteiger partial charge >= 0.3 is 5.97 Å². The lowest BCUT2D eigenvalue weighted by molar-refractivity contribution is -0.141. The molecule has 1 aromatic carbocycles. The summed E-state index contributed by atoms with van der Waals surface area (Å²) in [4.78, 5) is 10.9. The van der Waals surface area contributed by atoms with Crippen molar-refractivity contribution in [3.8, 4) is 5.75 Å². The van der Waals surface area contributed by atoms with Crippen LogP contribution in [0.2, 0.25) is 0 Å². The maximum Gasteiger partial charge on any atom is 0.307 e. The van der Waals surface area contributed by atoms with Crippen LogP contribution in [0.15, 0.2) is 18.2 Å². The highest BCUT2D eigenvalue weighted by molar-refractivity contribution is 5.70. The minimum atomic E-state index is -0.729. The molecule has 1 aliphatic rings. The zero-order valence-electron chi connectivity index (χ0n) is 10.6. The molecule has 2 rings (SSSR count). The minimum absolute atomic E-state index is 0.303. The molecule has 1 aliphatic heterocycles. The van der Waals surface area contributed by atoms with Gasteiger partial charge < -0.3 is 15.2 Å². The summed E-state index contributed by atoms with van der Waals surface area (Å²) in [6.07, 6.45) is 1.62. The molecule has 4 heteroatoms. The van der Waals surface area contributed by atoms with Gasteiger partial charge in [-0.25, -0.2) is 0 Å². The Hall–Kier alpha value is -1.55. The van der Waals surface area contributed by atoms with Crippen LogP contribution >= 0.6 is 0 Å². The van der Waals surface area contributed by atoms with Crippen LogP contribution in [0.25, 0.3) is 0 Å². The molecule has 1 unspecified atom stereocenters. The summed E-state index contributed by atoms with van der Waals surface area (Å²) in [6.45, 7) is 3.88. The van der Waals surface area contributed by atoms with Gasteiger partial charge in [0, 0.05) is 19.5 Å². The predicted octanol–water partition coefficient (Wildman–Crippen LogP) is 1.82. The van der Waals surface area contributed by atoms with Gasteiger partial charge in [0.25, 0.3) is 0 Å². The Morgan fingerprint density at radius 1 is 1.56 bits per heavy atom. The first-order valence-electron chi connectivity index (χ1n) is 6.39. The van der Waals surface area contributed by atoms with E-state index in [1.807, 2.05) is 19.1 Å². The van der Waals surface area contributed by atoms with Crippen molar-refractivity contribution in [2.75, 3.05) is 13.2 Å². The number of carbonyl (C=O) groups is 1. The monoisotopic (exact) mass is 249 g/mol. The maximum absolute atomic E-state index is 10.9. The van der Waals surface area contributed by atoms with Crippen molar-refractivity contribution < 1.29 is 14.6 Å². The van der Waals surface area contributed by atoms with Crippen molar-refractivity contribution in [3.05, 3.63) is 29.3 Å². The van der Waals surface area contributed by atoms with Crippen molar-refractivity contribution in [1.82, 2.24) is 5.32 Å². The molecule has 0 radical (unpaired) electrons. The Morgan fingerprint density at radius 2 is 2.39 bits per heavy atom. The normalized spacial score (nSPS) is 14.9. The lowest BCUT2D eigenvalue weighted by atomic mass is 10.1. The Labute approximate surface area is 107 Å². The predicted molar refractivity (Wildman–Crippen MR) is 68.8 cm³/mol. The fourth-order valence-corrected chi connectivity index (χ4v) is 2.15. The maximum atomic E-state index is 10.9. The van der Waals surface area contributed by atoms with E-state index in [0.29, 0.717) is 19.5 Å². The molecule has 0 bridgehead atoms. The molecule has 0 amide bonds. The van der Waals surface area contributed by atoms with Crippen LogP contribution < -0.4 is 10.1 Å². The molecule has 0 spiro atoms. The molecular weight excluding hydrogens is 230 g/mol. The Bertz CT molecular complexity index is 431. The lowest BCUT2D eigenvalue weighted by Crippen LogP contribution is -2.27. The minimum Gasteiger partial charge on any atom is -0.493 e. The standard InChI is InChI=1S/C14H19NO3/c1-2-11(14(16)17)9-15-8-10-3-4-13-12(7-10)5-6-18-13/h3-4,7,11,15H,2,5-6,8-9H2,1H3,(H,16,17).